The number of benzene rings is 2. The normalized spacial score (nSPS) is 21.5. The fourth-order valence-electron chi connectivity index (χ4n) is 4.04. The van der Waals surface area contributed by atoms with E-state index in [2.05, 4.69) is 21.3 Å². The third-order valence-corrected chi connectivity index (χ3v) is 5.98. The second-order valence-corrected chi connectivity index (χ2v) is 8.10. The average Bonchev–Trinajstić information content (AvgIpc) is 2.77. The molecule has 2 atom stereocenters. The maximum absolute atomic E-state index is 13.4. The lowest BCUT2D eigenvalue weighted by atomic mass is 9.65. The molecule has 4 N–H and O–H groups in total. The van der Waals surface area contributed by atoms with Crippen LogP contribution in [0.3, 0.4) is 0 Å². The summed E-state index contributed by atoms with van der Waals surface area (Å²) in [6.45, 7) is 0. The molecule has 0 saturated carbocycles. The maximum atomic E-state index is 13.4. The van der Waals surface area contributed by atoms with Crippen LogP contribution in [0.1, 0.15) is 23.2 Å². The van der Waals surface area contributed by atoms with Crippen LogP contribution in [0.25, 0.3) is 0 Å². The lowest BCUT2D eigenvalue weighted by Gasteiger charge is -2.50. The monoisotopic (exact) mass is 486 g/mol. The van der Waals surface area contributed by atoms with Crippen LogP contribution in [0.2, 0.25) is 0 Å². The van der Waals surface area contributed by atoms with Gasteiger partial charge in [-0.3, -0.25) is 29.8 Å². The Morgan fingerprint density at radius 3 is 1.39 bits per heavy atom. The summed E-state index contributed by atoms with van der Waals surface area (Å²) in [5.41, 5.74) is -1.47. The average molecular weight is 486 g/mol. The number of non-ortho nitro benzene ring substituents is 2. The first kappa shape index (κ1) is 22.2. The molecule has 2 aromatic carbocycles. The molecule has 0 aliphatic carbocycles. The van der Waals surface area contributed by atoms with Crippen molar-refractivity contribution in [1.29, 1.82) is 0 Å². The van der Waals surface area contributed by atoms with Gasteiger partial charge in [-0.25, -0.2) is 0 Å². The van der Waals surface area contributed by atoms with Crippen molar-refractivity contribution in [3.8, 4) is 0 Å². The molecule has 12 nitrogen and oxygen atoms in total. The van der Waals surface area contributed by atoms with Crippen molar-refractivity contribution >= 4 is 57.8 Å². The van der Waals surface area contributed by atoms with Crippen LogP contribution in [-0.4, -0.2) is 31.9 Å². The largest absolute Gasteiger partial charge is 0.354 e. The van der Waals surface area contributed by atoms with Gasteiger partial charge in [-0.2, -0.15) is 0 Å². The van der Waals surface area contributed by atoms with E-state index in [-0.39, 0.29) is 21.6 Å². The summed E-state index contributed by atoms with van der Waals surface area (Å²) >= 11 is 10.3. The Labute approximate surface area is 196 Å². The first-order valence-corrected chi connectivity index (χ1v) is 10.2. The molecule has 2 fully saturated rings. The van der Waals surface area contributed by atoms with Gasteiger partial charge in [-0.05, 0) is 35.6 Å². The molecule has 2 heterocycles. The van der Waals surface area contributed by atoms with Gasteiger partial charge in [0.2, 0.25) is 11.8 Å². The van der Waals surface area contributed by atoms with Crippen molar-refractivity contribution in [2.75, 3.05) is 0 Å². The van der Waals surface area contributed by atoms with Crippen LogP contribution in [0.15, 0.2) is 48.5 Å². The minimum Gasteiger partial charge on any atom is -0.354 e. The molecule has 2 amide bonds. The first-order chi connectivity index (χ1) is 15.6. The van der Waals surface area contributed by atoms with E-state index >= 15 is 0 Å². The highest BCUT2D eigenvalue weighted by molar-refractivity contribution is 7.80. The van der Waals surface area contributed by atoms with Crippen LogP contribution >= 0.6 is 24.4 Å². The molecule has 2 aliphatic rings. The smallest absolute Gasteiger partial charge is 0.269 e. The standard InChI is InChI=1S/C19H14N6O6S2/c26-15-19(16(27)23-18(33)22-15)13(9-1-5-11(6-2-9)24(28)29)20-17(32)21-14(19)10-3-7-12(8-4-10)25(30)31/h1-8,13-14H,(H2,20,21,32)(H2,22,23,26,27,33). The van der Waals surface area contributed by atoms with Crippen LogP contribution in [-0.2, 0) is 9.59 Å². The highest BCUT2D eigenvalue weighted by Gasteiger charge is 2.63. The van der Waals surface area contributed by atoms with Gasteiger partial charge in [0.25, 0.3) is 11.4 Å². The number of carbonyl (C=O) groups is 2. The number of hydrogen-bond acceptors (Lipinski definition) is 8. The van der Waals surface area contributed by atoms with Crippen molar-refractivity contribution < 1.29 is 19.4 Å². The fraction of sp³-hybridized carbons (Fsp3) is 0.158. The van der Waals surface area contributed by atoms with E-state index in [1.807, 2.05) is 0 Å². The van der Waals surface area contributed by atoms with E-state index in [9.17, 15) is 29.8 Å². The summed E-state index contributed by atoms with van der Waals surface area (Å²) < 4.78 is 0. The minimum absolute atomic E-state index is 0.112. The van der Waals surface area contributed by atoms with Gasteiger partial charge in [-0.15, -0.1) is 0 Å². The predicted molar refractivity (Wildman–Crippen MR) is 122 cm³/mol. The van der Waals surface area contributed by atoms with E-state index in [0.29, 0.717) is 11.1 Å². The summed E-state index contributed by atoms with van der Waals surface area (Å²) in [6, 6.07) is 8.60. The fourth-order valence-corrected chi connectivity index (χ4v) is 4.46. The lowest BCUT2D eigenvalue weighted by Crippen LogP contribution is -2.73. The van der Waals surface area contributed by atoms with Crippen molar-refractivity contribution in [1.82, 2.24) is 21.3 Å². The third-order valence-electron chi connectivity index (χ3n) is 5.54. The first-order valence-electron chi connectivity index (χ1n) is 9.37. The van der Waals surface area contributed by atoms with E-state index in [0.717, 1.165) is 0 Å². The van der Waals surface area contributed by atoms with Crippen LogP contribution < -0.4 is 21.3 Å². The van der Waals surface area contributed by atoms with Crippen molar-refractivity contribution in [2.24, 2.45) is 5.41 Å². The Balaban J connectivity index is 1.89. The number of nitrogens with one attached hydrogen (secondary N) is 4. The van der Waals surface area contributed by atoms with E-state index < -0.39 is 39.2 Å². The van der Waals surface area contributed by atoms with Gasteiger partial charge in [0, 0.05) is 24.3 Å². The summed E-state index contributed by atoms with van der Waals surface area (Å²) in [7, 11) is 0. The highest BCUT2D eigenvalue weighted by atomic mass is 32.1. The molecule has 168 valence electrons. The van der Waals surface area contributed by atoms with Crippen molar-refractivity contribution in [2.45, 2.75) is 12.1 Å². The van der Waals surface area contributed by atoms with Crippen LogP contribution in [0.5, 0.6) is 0 Å². The van der Waals surface area contributed by atoms with Gasteiger partial charge in [0.1, 0.15) is 0 Å². The van der Waals surface area contributed by atoms with Gasteiger partial charge in [0.15, 0.2) is 15.6 Å². The SMILES string of the molecule is O=C1NC(=S)NC(=O)C12C(c1ccc([N+](=O)[O-])cc1)NC(=S)NC2c1ccc([N+](=O)[O-])cc1. The number of nitro benzene ring substituents is 2. The number of nitro groups is 2. The highest BCUT2D eigenvalue weighted by Crippen LogP contribution is 2.48. The zero-order chi connectivity index (χ0) is 23.9. The van der Waals surface area contributed by atoms with Crippen molar-refractivity contribution in [3.05, 3.63) is 79.9 Å². The van der Waals surface area contributed by atoms with Crippen molar-refractivity contribution in [3.63, 3.8) is 0 Å². The minimum atomic E-state index is -1.89. The van der Waals surface area contributed by atoms with Gasteiger partial charge in [-0.1, -0.05) is 24.3 Å². The number of rotatable bonds is 4. The van der Waals surface area contributed by atoms with E-state index in [1.165, 1.54) is 48.5 Å². The number of amides is 2. The topological polar surface area (TPSA) is 169 Å². The van der Waals surface area contributed by atoms with E-state index in [4.69, 9.17) is 24.4 Å². The number of nitrogens with zero attached hydrogens (tertiary/aromatic N) is 2. The predicted octanol–water partition coefficient (Wildman–Crippen LogP) is 1.28. The number of hydrogen-bond donors (Lipinski definition) is 4. The molecule has 14 heteroatoms. The molecular weight excluding hydrogens is 472 g/mol. The quantitative estimate of drug-likeness (QED) is 0.214. The second-order valence-electron chi connectivity index (χ2n) is 7.29. The lowest BCUT2D eigenvalue weighted by molar-refractivity contribution is -0.385. The van der Waals surface area contributed by atoms with Crippen LogP contribution in [0.4, 0.5) is 11.4 Å². The van der Waals surface area contributed by atoms with Gasteiger partial charge >= 0.3 is 0 Å². The molecule has 0 aromatic heterocycles. The summed E-state index contributed by atoms with van der Waals surface area (Å²) in [6.07, 6.45) is 0. The molecule has 2 saturated heterocycles. The Morgan fingerprint density at radius 1 is 0.697 bits per heavy atom. The summed E-state index contributed by atoms with van der Waals surface area (Å²) in [5.74, 6) is -1.46. The molecule has 4 rings (SSSR count). The maximum Gasteiger partial charge on any atom is 0.269 e. The summed E-state index contributed by atoms with van der Waals surface area (Å²) in [5, 5.41) is 32.8. The molecule has 1 spiro atoms. The van der Waals surface area contributed by atoms with Crippen LogP contribution in [0, 0.1) is 25.6 Å². The molecular formula is C19H14N6O6S2. The van der Waals surface area contributed by atoms with Gasteiger partial charge in [0.05, 0.1) is 21.9 Å². The Bertz CT molecular complexity index is 1120. The molecule has 33 heavy (non-hydrogen) atoms. The third kappa shape index (κ3) is 3.64. The molecule has 2 aliphatic heterocycles. The molecule has 2 aromatic rings. The Kier molecular flexibility index (Phi) is 5.47. The molecule has 0 radical (unpaired) electrons. The Hall–Kier alpha value is -4.04. The number of carbonyl (C=O) groups excluding carboxylic acids is 2. The van der Waals surface area contributed by atoms with E-state index in [1.54, 1.807) is 0 Å². The number of thiocarbonyl (C=S) groups is 2. The summed E-state index contributed by atoms with van der Waals surface area (Å²) in [4.78, 5) is 47.8. The zero-order valence-corrected chi connectivity index (χ0v) is 18.1. The van der Waals surface area contributed by atoms with Gasteiger partial charge < -0.3 is 21.3 Å². The second kappa shape index (κ2) is 8.14. The zero-order valence-electron chi connectivity index (χ0n) is 16.4. The molecule has 0 bridgehead atoms. The molecule has 2 unspecified atom stereocenters. The Morgan fingerprint density at radius 2 is 1.06 bits per heavy atom.